The normalized spacial score (nSPS) is 10.7. The van der Waals surface area contributed by atoms with Gasteiger partial charge in [-0.2, -0.15) is 0 Å². The van der Waals surface area contributed by atoms with Crippen molar-refractivity contribution in [2.24, 2.45) is 5.16 Å². The molecular weight excluding hydrogens is 256 g/mol. The fourth-order valence-electron chi connectivity index (χ4n) is 1.62. The summed E-state index contributed by atoms with van der Waals surface area (Å²) in [5.41, 5.74) is 2.88. The molecule has 2 aromatic rings. The van der Waals surface area contributed by atoms with Crippen LogP contribution in [-0.2, 0) is 11.4 Å². The van der Waals surface area contributed by atoms with Crippen LogP contribution in [0.5, 0.6) is 0 Å². The van der Waals surface area contributed by atoms with Gasteiger partial charge in [-0.1, -0.05) is 47.1 Å². The lowest BCUT2D eigenvalue weighted by atomic mass is 10.2. The number of rotatable bonds is 5. The third-order valence-electron chi connectivity index (χ3n) is 2.71. The molecule has 0 radical (unpaired) electrons. The molecule has 0 aliphatic rings. The van der Waals surface area contributed by atoms with Crippen molar-refractivity contribution < 1.29 is 9.76 Å². The molecule has 2 rings (SSSR count). The fraction of sp³-hybridized carbons (Fsp3) is 0.133. The highest BCUT2D eigenvalue weighted by atomic mass is 16.6. The molecular formula is C15H14N2O3. The molecule has 0 amide bonds. The van der Waals surface area contributed by atoms with Crippen molar-refractivity contribution in [3.63, 3.8) is 0 Å². The second-order valence-electron chi connectivity index (χ2n) is 4.35. The van der Waals surface area contributed by atoms with E-state index < -0.39 is 4.92 Å². The first-order chi connectivity index (χ1) is 9.65. The molecule has 20 heavy (non-hydrogen) atoms. The Hall–Kier alpha value is -2.69. The van der Waals surface area contributed by atoms with Gasteiger partial charge < -0.3 is 4.84 Å². The summed E-state index contributed by atoms with van der Waals surface area (Å²) < 4.78 is 0. The van der Waals surface area contributed by atoms with Gasteiger partial charge in [0.1, 0.15) is 6.61 Å². The lowest BCUT2D eigenvalue weighted by molar-refractivity contribution is -0.384. The maximum atomic E-state index is 10.6. The number of aryl methyl sites for hydroxylation is 1. The highest BCUT2D eigenvalue weighted by Gasteiger charge is 2.05. The Bertz CT molecular complexity index is 621. The molecule has 102 valence electrons. The molecule has 0 N–H and O–H groups in total. The second kappa shape index (κ2) is 6.47. The van der Waals surface area contributed by atoms with E-state index in [1.165, 1.54) is 17.7 Å². The first-order valence-electron chi connectivity index (χ1n) is 6.10. The summed E-state index contributed by atoms with van der Waals surface area (Å²) in [5.74, 6) is 0. The Morgan fingerprint density at radius 1 is 1.25 bits per heavy atom. The van der Waals surface area contributed by atoms with E-state index in [9.17, 15) is 10.1 Å². The fourth-order valence-corrected chi connectivity index (χ4v) is 1.62. The molecule has 0 atom stereocenters. The Labute approximate surface area is 116 Å². The third kappa shape index (κ3) is 3.91. The molecule has 5 heteroatoms. The van der Waals surface area contributed by atoms with Gasteiger partial charge in [0.05, 0.1) is 11.1 Å². The maximum absolute atomic E-state index is 10.6. The van der Waals surface area contributed by atoms with Crippen LogP contribution in [0.2, 0.25) is 0 Å². The molecule has 0 bridgehead atoms. The van der Waals surface area contributed by atoms with Crippen LogP contribution in [0.4, 0.5) is 5.69 Å². The topological polar surface area (TPSA) is 64.7 Å². The number of oxime groups is 1. The molecule has 5 nitrogen and oxygen atoms in total. The Balaban J connectivity index is 1.91. The van der Waals surface area contributed by atoms with Gasteiger partial charge in [-0.25, -0.2) is 0 Å². The lowest BCUT2D eigenvalue weighted by Gasteiger charge is -2.00. The van der Waals surface area contributed by atoms with Gasteiger partial charge in [0.15, 0.2) is 0 Å². The Morgan fingerprint density at radius 2 is 2.00 bits per heavy atom. The molecule has 0 heterocycles. The molecule has 0 spiro atoms. The second-order valence-corrected chi connectivity index (χ2v) is 4.35. The number of non-ortho nitro benzene ring substituents is 1. The predicted molar refractivity (Wildman–Crippen MR) is 76.7 cm³/mol. The highest BCUT2D eigenvalue weighted by Crippen LogP contribution is 2.13. The Kier molecular flexibility index (Phi) is 4.44. The minimum atomic E-state index is -0.431. The number of nitro groups is 1. The van der Waals surface area contributed by atoms with Crippen LogP contribution < -0.4 is 0 Å². The summed E-state index contributed by atoms with van der Waals surface area (Å²) in [7, 11) is 0. The van der Waals surface area contributed by atoms with Gasteiger partial charge in [0, 0.05) is 12.1 Å². The summed E-state index contributed by atoms with van der Waals surface area (Å²) >= 11 is 0. The van der Waals surface area contributed by atoms with Crippen molar-refractivity contribution in [3.8, 4) is 0 Å². The number of nitrogens with zero attached hydrogens (tertiary/aromatic N) is 2. The summed E-state index contributed by atoms with van der Waals surface area (Å²) in [5, 5.41) is 14.5. The van der Waals surface area contributed by atoms with Crippen molar-refractivity contribution in [2.75, 3.05) is 0 Å². The van der Waals surface area contributed by atoms with Crippen molar-refractivity contribution in [1.82, 2.24) is 0 Å². The number of nitro benzene ring substituents is 1. The van der Waals surface area contributed by atoms with Gasteiger partial charge >= 0.3 is 0 Å². The minimum Gasteiger partial charge on any atom is -0.391 e. The standard InChI is InChI=1S/C15H14N2O3/c1-12-5-7-13(8-6-12)10-16-20-11-14-3-2-4-15(9-14)17(18)19/h2-10H,11H2,1H3/b16-10-. The summed E-state index contributed by atoms with van der Waals surface area (Å²) in [4.78, 5) is 15.3. The quantitative estimate of drug-likeness (QED) is 0.475. The van der Waals surface area contributed by atoms with E-state index in [2.05, 4.69) is 5.16 Å². The van der Waals surface area contributed by atoms with Crippen LogP contribution in [0.25, 0.3) is 0 Å². The van der Waals surface area contributed by atoms with Gasteiger partial charge in [0.25, 0.3) is 5.69 Å². The van der Waals surface area contributed by atoms with E-state index in [1.807, 2.05) is 31.2 Å². The maximum Gasteiger partial charge on any atom is 0.269 e. The summed E-state index contributed by atoms with van der Waals surface area (Å²) in [6, 6.07) is 14.2. The van der Waals surface area contributed by atoms with Crippen LogP contribution in [0.1, 0.15) is 16.7 Å². The SMILES string of the molecule is Cc1ccc(/C=N\OCc2cccc([N+](=O)[O-])c2)cc1. The molecule has 0 aliphatic heterocycles. The largest absolute Gasteiger partial charge is 0.391 e. The number of hydrogen-bond acceptors (Lipinski definition) is 4. The van der Waals surface area contributed by atoms with E-state index in [4.69, 9.17) is 4.84 Å². The molecule has 0 saturated heterocycles. The van der Waals surface area contributed by atoms with Crippen LogP contribution in [0, 0.1) is 17.0 Å². The zero-order chi connectivity index (χ0) is 14.4. The van der Waals surface area contributed by atoms with Gasteiger partial charge in [-0.15, -0.1) is 0 Å². The minimum absolute atomic E-state index is 0.0496. The van der Waals surface area contributed by atoms with E-state index in [-0.39, 0.29) is 12.3 Å². The smallest absolute Gasteiger partial charge is 0.269 e. The number of hydrogen-bond donors (Lipinski definition) is 0. The zero-order valence-electron chi connectivity index (χ0n) is 11.0. The van der Waals surface area contributed by atoms with Gasteiger partial charge in [-0.3, -0.25) is 10.1 Å². The summed E-state index contributed by atoms with van der Waals surface area (Å²) in [6.45, 7) is 2.21. The average Bonchev–Trinajstić information content (AvgIpc) is 2.46. The van der Waals surface area contributed by atoms with E-state index in [1.54, 1.807) is 18.3 Å². The third-order valence-corrected chi connectivity index (χ3v) is 2.71. The van der Waals surface area contributed by atoms with Crippen LogP contribution in [-0.4, -0.2) is 11.1 Å². The average molecular weight is 270 g/mol. The highest BCUT2D eigenvalue weighted by molar-refractivity contribution is 5.79. The molecule has 0 aromatic heterocycles. The van der Waals surface area contributed by atoms with Crippen LogP contribution in [0.3, 0.4) is 0 Å². The van der Waals surface area contributed by atoms with Gasteiger partial charge in [-0.05, 0) is 18.1 Å². The van der Waals surface area contributed by atoms with Crippen molar-refractivity contribution in [3.05, 3.63) is 75.3 Å². The summed E-state index contributed by atoms with van der Waals surface area (Å²) in [6.07, 6.45) is 1.61. The molecule has 0 aliphatic carbocycles. The zero-order valence-corrected chi connectivity index (χ0v) is 11.0. The van der Waals surface area contributed by atoms with Crippen LogP contribution >= 0.6 is 0 Å². The molecule has 0 saturated carbocycles. The van der Waals surface area contributed by atoms with Crippen molar-refractivity contribution in [1.29, 1.82) is 0 Å². The Morgan fingerprint density at radius 3 is 2.70 bits per heavy atom. The monoisotopic (exact) mass is 270 g/mol. The van der Waals surface area contributed by atoms with Crippen molar-refractivity contribution in [2.45, 2.75) is 13.5 Å². The first-order valence-corrected chi connectivity index (χ1v) is 6.10. The molecule has 0 unspecified atom stereocenters. The molecule has 0 fully saturated rings. The van der Waals surface area contributed by atoms with E-state index in [0.717, 1.165) is 5.56 Å². The van der Waals surface area contributed by atoms with Crippen molar-refractivity contribution >= 4 is 11.9 Å². The lowest BCUT2D eigenvalue weighted by Crippen LogP contribution is -1.92. The molecule has 2 aromatic carbocycles. The predicted octanol–water partition coefficient (Wildman–Crippen LogP) is 3.45. The number of benzene rings is 2. The first kappa shape index (κ1) is 13.7. The van der Waals surface area contributed by atoms with E-state index >= 15 is 0 Å². The van der Waals surface area contributed by atoms with Gasteiger partial charge in [0.2, 0.25) is 0 Å². The van der Waals surface area contributed by atoms with E-state index in [0.29, 0.717) is 5.56 Å². The van der Waals surface area contributed by atoms with Crippen LogP contribution in [0.15, 0.2) is 53.7 Å².